The molecule has 0 radical (unpaired) electrons. The summed E-state index contributed by atoms with van der Waals surface area (Å²) in [7, 11) is -4.34. The average Bonchev–Trinajstić information content (AvgIpc) is 2.56. The zero-order chi connectivity index (χ0) is 19.0. The minimum atomic E-state index is -4.34. The van der Waals surface area contributed by atoms with Crippen LogP contribution in [0.15, 0.2) is 0 Å². The molecule has 152 valence electrons. The first-order valence-corrected chi connectivity index (χ1v) is 11.7. The zero-order valence-corrected chi connectivity index (χ0v) is 17.4. The van der Waals surface area contributed by atoms with Crippen molar-refractivity contribution >= 4 is 7.60 Å². The fraction of sp³-hybridized carbons (Fsp3) is 1.00. The van der Waals surface area contributed by atoms with Crippen LogP contribution in [0.2, 0.25) is 0 Å². The van der Waals surface area contributed by atoms with E-state index in [-0.39, 0.29) is 13.2 Å². The molecular formula is C19H39F2O3P. The van der Waals surface area contributed by atoms with Gasteiger partial charge in [0.25, 0.3) is 0 Å². The number of hydrogen-bond acceptors (Lipinski definition) is 3. The molecule has 0 aromatic carbocycles. The van der Waals surface area contributed by atoms with E-state index in [2.05, 4.69) is 6.92 Å². The number of halogens is 2. The van der Waals surface area contributed by atoms with E-state index >= 15 is 0 Å². The van der Waals surface area contributed by atoms with E-state index in [0.717, 1.165) is 19.3 Å². The molecule has 0 aliphatic rings. The Labute approximate surface area is 153 Å². The smallest absolute Gasteiger partial charge is 0.305 e. The van der Waals surface area contributed by atoms with E-state index in [0.29, 0.717) is 6.42 Å². The summed E-state index contributed by atoms with van der Waals surface area (Å²) in [5, 5.41) is 0. The van der Waals surface area contributed by atoms with Gasteiger partial charge in [-0.25, -0.2) is 0 Å². The molecule has 0 unspecified atom stereocenters. The van der Waals surface area contributed by atoms with E-state index < -0.39 is 19.7 Å². The number of hydrogen-bond donors (Lipinski definition) is 0. The molecule has 0 saturated heterocycles. The second-order valence-electron chi connectivity index (χ2n) is 6.64. The third-order valence-corrected chi connectivity index (χ3v) is 6.55. The Morgan fingerprint density at radius 3 is 1.40 bits per heavy atom. The summed E-state index contributed by atoms with van der Waals surface area (Å²) in [6, 6.07) is 0. The van der Waals surface area contributed by atoms with Crippen molar-refractivity contribution in [1.82, 2.24) is 0 Å². The molecule has 0 atom stereocenters. The number of unbranched alkanes of at least 4 members (excludes halogenated alkanes) is 11. The fourth-order valence-corrected chi connectivity index (χ4v) is 4.45. The Balaban J connectivity index is 3.73. The van der Waals surface area contributed by atoms with Crippen molar-refractivity contribution < 1.29 is 22.4 Å². The van der Waals surface area contributed by atoms with E-state index in [1.54, 1.807) is 13.8 Å². The highest BCUT2D eigenvalue weighted by molar-refractivity contribution is 7.55. The van der Waals surface area contributed by atoms with E-state index in [4.69, 9.17) is 9.05 Å². The van der Waals surface area contributed by atoms with Gasteiger partial charge in [0.05, 0.1) is 13.2 Å². The first kappa shape index (κ1) is 25.0. The van der Waals surface area contributed by atoms with Gasteiger partial charge in [-0.1, -0.05) is 77.6 Å². The highest BCUT2D eigenvalue weighted by Gasteiger charge is 2.52. The Morgan fingerprint density at radius 1 is 0.680 bits per heavy atom. The SMILES string of the molecule is CCCCCCCCCCCCCCC(F)(F)P(=O)(OCC)OCC. The van der Waals surface area contributed by atoms with Crippen molar-refractivity contribution in [2.24, 2.45) is 0 Å². The van der Waals surface area contributed by atoms with Gasteiger partial charge in [-0.3, -0.25) is 4.57 Å². The average molecular weight is 384 g/mol. The first-order valence-electron chi connectivity index (χ1n) is 10.2. The quantitative estimate of drug-likeness (QED) is 0.178. The Bertz CT molecular complexity index is 342. The summed E-state index contributed by atoms with van der Waals surface area (Å²) >= 11 is 0. The molecule has 0 fully saturated rings. The third-order valence-electron chi connectivity index (χ3n) is 4.33. The van der Waals surface area contributed by atoms with Crippen LogP contribution in [0.3, 0.4) is 0 Å². The summed E-state index contributed by atoms with van der Waals surface area (Å²) in [5.41, 5.74) is -3.39. The van der Waals surface area contributed by atoms with Crippen LogP contribution in [-0.2, 0) is 13.6 Å². The summed E-state index contributed by atoms with van der Waals surface area (Å²) in [4.78, 5) is 0. The van der Waals surface area contributed by atoms with Crippen LogP contribution in [0, 0.1) is 0 Å². The van der Waals surface area contributed by atoms with Crippen LogP contribution in [0.1, 0.15) is 104 Å². The summed E-state index contributed by atoms with van der Waals surface area (Å²) in [5.74, 6) is 0. The third kappa shape index (κ3) is 11.4. The zero-order valence-electron chi connectivity index (χ0n) is 16.5. The molecule has 0 aliphatic carbocycles. The molecule has 25 heavy (non-hydrogen) atoms. The Kier molecular flexibility index (Phi) is 15.1. The summed E-state index contributed by atoms with van der Waals surface area (Å²) < 4.78 is 50.0. The molecule has 0 N–H and O–H groups in total. The van der Waals surface area contributed by atoms with E-state index in [1.807, 2.05) is 0 Å². The lowest BCUT2D eigenvalue weighted by atomic mass is 10.0. The number of rotatable bonds is 18. The largest absolute Gasteiger partial charge is 0.399 e. The normalized spacial score (nSPS) is 12.7. The van der Waals surface area contributed by atoms with Gasteiger partial charge < -0.3 is 9.05 Å². The fourth-order valence-electron chi connectivity index (χ4n) is 2.88. The standard InChI is InChI=1S/C19H39F2O3P/c1-4-7-8-9-10-11-12-13-14-15-16-17-18-19(20,21)25(22,23-5-2)24-6-3/h4-18H2,1-3H3. The monoisotopic (exact) mass is 384 g/mol. The van der Waals surface area contributed by atoms with Crippen molar-refractivity contribution in [3.8, 4) is 0 Å². The molecule has 6 heteroatoms. The van der Waals surface area contributed by atoms with Gasteiger partial charge in [-0.15, -0.1) is 0 Å². The van der Waals surface area contributed by atoms with Crippen molar-refractivity contribution in [2.45, 2.75) is 110 Å². The van der Waals surface area contributed by atoms with Gasteiger partial charge in [0.15, 0.2) is 0 Å². The maximum absolute atomic E-state index is 14.1. The maximum Gasteiger partial charge on any atom is 0.399 e. The van der Waals surface area contributed by atoms with Gasteiger partial charge in [0.2, 0.25) is 0 Å². The molecule has 0 saturated carbocycles. The lowest BCUT2D eigenvalue weighted by Crippen LogP contribution is -2.20. The van der Waals surface area contributed by atoms with Crippen LogP contribution in [0.25, 0.3) is 0 Å². The van der Waals surface area contributed by atoms with Crippen molar-refractivity contribution in [3.05, 3.63) is 0 Å². The molecule has 0 amide bonds. The van der Waals surface area contributed by atoms with Crippen molar-refractivity contribution in [2.75, 3.05) is 13.2 Å². The maximum atomic E-state index is 14.1. The van der Waals surface area contributed by atoms with Crippen LogP contribution in [0.5, 0.6) is 0 Å². The highest BCUT2D eigenvalue weighted by Crippen LogP contribution is 2.63. The highest BCUT2D eigenvalue weighted by atomic mass is 31.2. The van der Waals surface area contributed by atoms with Gasteiger partial charge >= 0.3 is 13.3 Å². The molecule has 3 nitrogen and oxygen atoms in total. The second kappa shape index (κ2) is 15.1. The lowest BCUT2D eigenvalue weighted by Gasteiger charge is -2.25. The molecule has 0 heterocycles. The van der Waals surface area contributed by atoms with Gasteiger partial charge in [0.1, 0.15) is 0 Å². The summed E-state index contributed by atoms with van der Waals surface area (Å²) in [6.07, 6.45) is 13.0. The first-order chi connectivity index (χ1) is 11.9. The van der Waals surface area contributed by atoms with Crippen molar-refractivity contribution in [3.63, 3.8) is 0 Å². The number of alkyl halides is 2. The lowest BCUT2D eigenvalue weighted by molar-refractivity contribution is 0.0294. The molecule has 0 rings (SSSR count). The molecule has 0 spiro atoms. The molecule has 0 aromatic heterocycles. The summed E-state index contributed by atoms with van der Waals surface area (Å²) in [6.45, 7) is 5.25. The van der Waals surface area contributed by atoms with E-state index in [9.17, 15) is 13.3 Å². The van der Waals surface area contributed by atoms with Crippen LogP contribution >= 0.6 is 7.60 Å². The van der Waals surface area contributed by atoms with Gasteiger partial charge in [0, 0.05) is 6.42 Å². The predicted molar refractivity (Wildman–Crippen MR) is 102 cm³/mol. The van der Waals surface area contributed by atoms with E-state index in [1.165, 1.54) is 51.4 Å². The minimum Gasteiger partial charge on any atom is -0.305 e. The predicted octanol–water partition coefficient (Wildman–Crippen LogP) is 7.94. The van der Waals surface area contributed by atoms with Gasteiger partial charge in [-0.05, 0) is 20.3 Å². The van der Waals surface area contributed by atoms with Crippen LogP contribution in [0.4, 0.5) is 8.78 Å². The van der Waals surface area contributed by atoms with Crippen molar-refractivity contribution in [1.29, 1.82) is 0 Å². The van der Waals surface area contributed by atoms with Crippen LogP contribution < -0.4 is 0 Å². The Hall–Kier alpha value is 0.01000. The second-order valence-corrected chi connectivity index (χ2v) is 8.80. The minimum absolute atomic E-state index is 0.0364. The molecule has 0 bridgehead atoms. The van der Waals surface area contributed by atoms with Gasteiger partial charge in [-0.2, -0.15) is 8.78 Å². The molecule has 0 aromatic rings. The molecular weight excluding hydrogens is 345 g/mol. The van der Waals surface area contributed by atoms with Crippen LogP contribution in [-0.4, -0.2) is 18.9 Å². The Morgan fingerprint density at radius 2 is 1.04 bits per heavy atom. The topological polar surface area (TPSA) is 35.5 Å². The molecule has 0 aliphatic heterocycles.